The molecule has 2 aliphatic rings. The molecule has 1 aliphatic heterocycles. The van der Waals surface area contributed by atoms with Gasteiger partial charge in [-0.15, -0.1) is 0 Å². The molecule has 0 saturated heterocycles. The molecule has 5 aromatic rings. The first kappa shape index (κ1) is 35.3. The predicted octanol–water partition coefficient (Wildman–Crippen LogP) is 13.3. The fourth-order valence-electron chi connectivity index (χ4n) is 7.79. The van der Waals surface area contributed by atoms with Gasteiger partial charge < -0.3 is 9.47 Å². The number of fused-ring (bicyclic) bond motifs is 3. The van der Waals surface area contributed by atoms with E-state index in [4.69, 9.17) is 0 Å². The Morgan fingerprint density at radius 1 is 0.846 bits per heavy atom. The van der Waals surface area contributed by atoms with E-state index >= 15 is 0 Å². The van der Waals surface area contributed by atoms with E-state index in [0.717, 1.165) is 31.4 Å². The maximum absolute atomic E-state index is 4.47. The lowest BCUT2D eigenvalue weighted by Gasteiger charge is -2.41. The summed E-state index contributed by atoms with van der Waals surface area (Å²) in [4.78, 5) is 2.58. The van der Waals surface area contributed by atoms with Crippen LogP contribution in [0.3, 0.4) is 0 Å². The molecule has 0 fully saturated rings. The Balaban J connectivity index is 1.37. The summed E-state index contributed by atoms with van der Waals surface area (Å²) in [5.41, 5.74) is 12.5. The summed E-state index contributed by atoms with van der Waals surface area (Å²) in [6, 6.07) is 33.6. The SMILES string of the molecule is C=C/C=C\C=C/Cc1cc(-n2c3ccccc3c3ccccc32)ccc1C1=C[C@H](C)N(c2ccccc2C(=C)/C=C\C=C/I)CC1C1=CCCC=C1. The molecule has 3 heteroatoms. The molecule has 2 heterocycles. The molecular weight excluding hydrogens is 743 g/mol. The van der Waals surface area contributed by atoms with E-state index in [-0.39, 0.29) is 12.0 Å². The van der Waals surface area contributed by atoms with Crippen LogP contribution in [0.15, 0.2) is 187 Å². The highest BCUT2D eigenvalue weighted by molar-refractivity contribution is 14.1. The zero-order valence-electron chi connectivity index (χ0n) is 29.8. The van der Waals surface area contributed by atoms with Crippen LogP contribution >= 0.6 is 22.6 Å². The van der Waals surface area contributed by atoms with Crippen molar-refractivity contribution in [2.45, 2.75) is 32.2 Å². The molecule has 4 aromatic carbocycles. The van der Waals surface area contributed by atoms with Gasteiger partial charge in [-0.2, -0.15) is 0 Å². The minimum Gasteiger partial charge on any atom is -0.364 e. The third-order valence-electron chi connectivity index (χ3n) is 10.2. The van der Waals surface area contributed by atoms with E-state index in [1.54, 1.807) is 0 Å². The molecule has 0 spiro atoms. The molecule has 0 bridgehead atoms. The lowest BCUT2D eigenvalue weighted by Crippen LogP contribution is -2.41. The maximum atomic E-state index is 4.47. The molecule has 1 unspecified atom stereocenters. The number of hydrogen-bond acceptors (Lipinski definition) is 1. The Bertz CT molecular complexity index is 2280. The van der Waals surface area contributed by atoms with Gasteiger partial charge in [0, 0.05) is 46.2 Å². The monoisotopic (exact) mass is 788 g/mol. The van der Waals surface area contributed by atoms with Gasteiger partial charge in [0.05, 0.1) is 11.0 Å². The Labute approximate surface area is 322 Å². The second kappa shape index (κ2) is 16.5. The van der Waals surface area contributed by atoms with Crippen molar-refractivity contribution in [3.05, 3.63) is 203 Å². The van der Waals surface area contributed by atoms with E-state index in [0.29, 0.717) is 0 Å². The van der Waals surface area contributed by atoms with Crippen molar-refractivity contribution in [2.75, 3.05) is 11.4 Å². The lowest BCUT2D eigenvalue weighted by molar-refractivity contribution is 0.634. The van der Waals surface area contributed by atoms with Crippen LogP contribution in [0.5, 0.6) is 0 Å². The summed E-state index contributed by atoms with van der Waals surface area (Å²) in [5.74, 6) is 0.217. The van der Waals surface area contributed by atoms with Crippen molar-refractivity contribution in [1.82, 2.24) is 4.57 Å². The first-order chi connectivity index (χ1) is 25.6. The molecule has 52 heavy (non-hydrogen) atoms. The molecular formula is C49H45IN2. The number of halogens is 1. The normalized spacial score (nSPS) is 18.0. The minimum atomic E-state index is 0.183. The van der Waals surface area contributed by atoms with Gasteiger partial charge >= 0.3 is 0 Å². The number of allylic oxidation sites excluding steroid dienone is 12. The molecule has 0 N–H and O–H groups in total. The Hall–Kier alpha value is -5.13. The Morgan fingerprint density at radius 3 is 2.33 bits per heavy atom. The molecule has 1 aromatic heterocycles. The van der Waals surface area contributed by atoms with Crippen molar-refractivity contribution in [1.29, 1.82) is 0 Å². The summed E-state index contributed by atoms with van der Waals surface area (Å²) in [5, 5.41) is 2.55. The van der Waals surface area contributed by atoms with Crippen molar-refractivity contribution in [3.8, 4) is 5.69 Å². The highest BCUT2D eigenvalue weighted by Gasteiger charge is 2.32. The van der Waals surface area contributed by atoms with Crippen LogP contribution in [0.25, 0.3) is 38.6 Å². The molecule has 1 aliphatic carbocycles. The maximum Gasteiger partial charge on any atom is 0.0541 e. The van der Waals surface area contributed by atoms with Gasteiger partial charge in [0.1, 0.15) is 0 Å². The molecule has 258 valence electrons. The number of rotatable bonds is 11. The molecule has 0 saturated carbocycles. The summed E-state index contributed by atoms with van der Waals surface area (Å²) in [6.45, 7) is 11.5. The van der Waals surface area contributed by atoms with Crippen LogP contribution in [0.4, 0.5) is 5.69 Å². The van der Waals surface area contributed by atoms with E-state index < -0.39 is 0 Å². The van der Waals surface area contributed by atoms with E-state index in [1.807, 2.05) is 22.3 Å². The van der Waals surface area contributed by atoms with E-state index in [1.165, 1.54) is 61.0 Å². The first-order valence-corrected chi connectivity index (χ1v) is 19.5. The van der Waals surface area contributed by atoms with Crippen LogP contribution in [0.2, 0.25) is 0 Å². The van der Waals surface area contributed by atoms with Gasteiger partial charge in [0.25, 0.3) is 0 Å². The number of benzene rings is 4. The summed E-state index contributed by atoms with van der Waals surface area (Å²) >= 11 is 2.25. The summed E-state index contributed by atoms with van der Waals surface area (Å²) in [7, 11) is 0. The number of para-hydroxylation sites is 3. The number of hydrogen-bond donors (Lipinski definition) is 0. The van der Waals surface area contributed by atoms with Crippen molar-refractivity contribution < 1.29 is 0 Å². The molecule has 7 rings (SSSR count). The first-order valence-electron chi connectivity index (χ1n) is 18.2. The largest absolute Gasteiger partial charge is 0.364 e. The predicted molar refractivity (Wildman–Crippen MR) is 235 cm³/mol. The number of aromatic nitrogens is 1. The molecule has 2 atom stereocenters. The molecule has 0 amide bonds. The highest BCUT2D eigenvalue weighted by atomic mass is 127. The summed E-state index contributed by atoms with van der Waals surface area (Å²) in [6.07, 6.45) is 29.2. The van der Waals surface area contributed by atoms with E-state index in [9.17, 15) is 0 Å². The third-order valence-corrected chi connectivity index (χ3v) is 10.6. The Kier molecular flexibility index (Phi) is 11.2. The highest BCUT2D eigenvalue weighted by Crippen LogP contribution is 2.42. The third kappa shape index (κ3) is 7.29. The topological polar surface area (TPSA) is 8.17 Å². The minimum absolute atomic E-state index is 0.183. The van der Waals surface area contributed by atoms with Crippen molar-refractivity contribution in [2.24, 2.45) is 5.92 Å². The van der Waals surface area contributed by atoms with Gasteiger partial charge in [-0.1, -0.05) is 169 Å². The standard InChI is InChI=1S/C49H45IN2/c1-4-5-6-7-9-23-39-34-40(52-48-28-16-13-25-43(48)44-26-14-17-29-49(44)52)30-31-42(39)45-33-37(3)51(35-46(45)38-21-10-8-11-22-38)47-27-15-12-24-41(47)36(2)20-18-19-32-50/h4-7,9-10,12-22,24-34,37,46H,1-2,8,11,23,35H2,3H3/b6-5-,9-7-,20-18-,32-19-/t37-,46?/m0/s1. The van der Waals surface area contributed by atoms with Crippen LogP contribution < -0.4 is 4.90 Å². The smallest absolute Gasteiger partial charge is 0.0541 e. The van der Waals surface area contributed by atoms with Crippen molar-refractivity contribution in [3.63, 3.8) is 0 Å². The van der Waals surface area contributed by atoms with Crippen molar-refractivity contribution >= 4 is 61.2 Å². The molecule has 0 radical (unpaired) electrons. The average Bonchev–Trinajstić information content (AvgIpc) is 3.52. The van der Waals surface area contributed by atoms with E-state index in [2.05, 4.69) is 198 Å². The number of nitrogens with zero attached hydrogens (tertiary/aromatic N) is 2. The van der Waals surface area contributed by atoms with Gasteiger partial charge in [-0.25, -0.2) is 0 Å². The fraction of sp³-hybridized carbons (Fsp3) is 0.143. The van der Waals surface area contributed by atoms with Crippen LogP contribution in [-0.4, -0.2) is 17.2 Å². The number of anilines is 1. The quantitative estimate of drug-likeness (QED) is 0.0956. The molecule has 2 nitrogen and oxygen atoms in total. The lowest BCUT2D eigenvalue weighted by atomic mass is 9.78. The second-order valence-corrected chi connectivity index (χ2v) is 14.2. The zero-order chi connectivity index (χ0) is 35.9. The van der Waals surface area contributed by atoms with Gasteiger partial charge in [0.2, 0.25) is 0 Å². The van der Waals surface area contributed by atoms with Gasteiger partial charge in [-0.05, 0) is 88.4 Å². The van der Waals surface area contributed by atoms with Crippen LogP contribution in [-0.2, 0) is 6.42 Å². The van der Waals surface area contributed by atoms with Crippen LogP contribution in [0, 0.1) is 5.92 Å². The fourth-order valence-corrected chi connectivity index (χ4v) is 8.03. The summed E-state index contributed by atoms with van der Waals surface area (Å²) < 4.78 is 4.44. The van der Waals surface area contributed by atoms with Gasteiger partial charge in [0.15, 0.2) is 0 Å². The second-order valence-electron chi connectivity index (χ2n) is 13.4. The van der Waals surface area contributed by atoms with Crippen LogP contribution in [0.1, 0.15) is 36.5 Å². The zero-order valence-corrected chi connectivity index (χ0v) is 32.0. The van der Waals surface area contributed by atoms with Gasteiger partial charge in [-0.3, -0.25) is 0 Å². The Morgan fingerprint density at radius 2 is 1.60 bits per heavy atom. The average molecular weight is 789 g/mol.